The molecule has 0 radical (unpaired) electrons. The van der Waals surface area contributed by atoms with Crippen molar-refractivity contribution in [2.45, 2.75) is 264 Å². The van der Waals surface area contributed by atoms with Crippen LogP contribution in [0.4, 0.5) is 0 Å². The minimum atomic E-state index is -0.800. The van der Waals surface area contributed by atoms with Gasteiger partial charge < -0.3 is 14.2 Å². The number of carbonyl (C=O) groups excluding carboxylic acids is 3. The van der Waals surface area contributed by atoms with Crippen molar-refractivity contribution >= 4 is 17.9 Å². The first-order valence-corrected chi connectivity index (χ1v) is 30.2. The quantitative estimate of drug-likeness (QED) is 0.0261. The van der Waals surface area contributed by atoms with Crippen LogP contribution >= 0.6 is 0 Å². The van der Waals surface area contributed by atoms with E-state index >= 15 is 0 Å². The van der Waals surface area contributed by atoms with Gasteiger partial charge in [0.1, 0.15) is 13.2 Å². The highest BCUT2D eigenvalue weighted by Crippen LogP contribution is 2.14. The second kappa shape index (κ2) is 61.1. The molecule has 74 heavy (non-hydrogen) atoms. The van der Waals surface area contributed by atoms with Crippen LogP contribution in [0.1, 0.15) is 258 Å². The topological polar surface area (TPSA) is 78.9 Å². The summed E-state index contributed by atoms with van der Waals surface area (Å²) in [5.74, 6) is -0.955. The second-order valence-corrected chi connectivity index (χ2v) is 19.5. The molecule has 6 heteroatoms. The molecular formula is C68H110O6. The van der Waals surface area contributed by atoms with Crippen LogP contribution < -0.4 is 0 Å². The van der Waals surface area contributed by atoms with E-state index < -0.39 is 6.10 Å². The molecular weight excluding hydrogens is 913 g/mol. The Balaban J connectivity index is 4.31. The SMILES string of the molecule is CC/C=C\C/C=C\C/C=C\C/C=C\C/C=C\C/C=C\C/C=C\C/C=C\C/C=C\C/C=C\CCCCC(=O)OCC(COC(=O)CCCCCCC/C=C\CCCC)OC(=O)CCCCCCCCCCCCCC. The van der Waals surface area contributed by atoms with E-state index in [1.165, 1.54) is 83.5 Å². The smallest absolute Gasteiger partial charge is 0.306 e. The number of unbranched alkanes of at least 4 members (excludes halogenated alkanes) is 20. The van der Waals surface area contributed by atoms with Crippen molar-refractivity contribution in [3.8, 4) is 0 Å². The van der Waals surface area contributed by atoms with Gasteiger partial charge in [0.15, 0.2) is 6.10 Å². The van der Waals surface area contributed by atoms with Crippen LogP contribution in [0.15, 0.2) is 134 Å². The standard InChI is InChI=1S/C68H110O6/c1-4-7-10-13-16-19-22-24-25-26-27-28-29-30-31-32-33-34-35-36-37-38-39-40-41-42-43-44-47-49-52-55-58-61-67(70)73-64-65(63-72-66(69)60-57-54-51-48-45-21-18-15-12-9-6-3)74-68(71)62-59-56-53-50-46-23-20-17-14-11-8-5-2/h7,10,15-16,18-19,24-25,27-28,30-31,33-34,36-37,39-40,42-43,47,49,65H,4-6,8-9,11-14,17,20-23,26,29,32,35,38,41,44-46,48,50-64H2,1-3H3/b10-7-,18-15-,19-16-,25-24-,28-27-,31-30-,34-33-,37-36-,40-39-,43-42-,49-47-. The van der Waals surface area contributed by atoms with Crippen LogP contribution in [0.2, 0.25) is 0 Å². The van der Waals surface area contributed by atoms with Crippen molar-refractivity contribution < 1.29 is 28.6 Å². The molecule has 0 aliphatic rings. The molecule has 0 heterocycles. The Morgan fingerprint density at radius 2 is 0.541 bits per heavy atom. The van der Waals surface area contributed by atoms with Gasteiger partial charge in [0, 0.05) is 19.3 Å². The molecule has 0 aliphatic carbocycles. The fraction of sp³-hybridized carbons (Fsp3) is 0.632. The van der Waals surface area contributed by atoms with Gasteiger partial charge in [0.05, 0.1) is 0 Å². The molecule has 0 aromatic rings. The summed E-state index contributed by atoms with van der Waals surface area (Å²) in [7, 11) is 0. The zero-order valence-electron chi connectivity index (χ0n) is 47.8. The van der Waals surface area contributed by atoms with Gasteiger partial charge in [-0.25, -0.2) is 0 Å². The van der Waals surface area contributed by atoms with Gasteiger partial charge in [-0.3, -0.25) is 14.4 Å². The molecule has 0 saturated carbocycles. The number of carbonyl (C=O) groups is 3. The molecule has 0 aromatic heterocycles. The lowest BCUT2D eigenvalue weighted by atomic mass is 10.0. The molecule has 1 atom stereocenters. The van der Waals surface area contributed by atoms with Gasteiger partial charge in [-0.1, -0.05) is 257 Å². The maximum absolute atomic E-state index is 12.8. The third kappa shape index (κ3) is 58.4. The summed E-state index contributed by atoms with van der Waals surface area (Å²) >= 11 is 0. The molecule has 0 fully saturated rings. The third-order valence-electron chi connectivity index (χ3n) is 12.4. The van der Waals surface area contributed by atoms with Gasteiger partial charge in [-0.05, 0) is 116 Å². The average molecular weight is 1020 g/mol. The second-order valence-electron chi connectivity index (χ2n) is 19.5. The van der Waals surface area contributed by atoms with E-state index in [1.54, 1.807) is 0 Å². The Morgan fingerprint density at radius 1 is 0.284 bits per heavy atom. The number of esters is 3. The van der Waals surface area contributed by atoms with Gasteiger partial charge in [0.2, 0.25) is 0 Å². The zero-order valence-corrected chi connectivity index (χ0v) is 47.8. The van der Waals surface area contributed by atoms with Gasteiger partial charge in [-0.15, -0.1) is 0 Å². The lowest BCUT2D eigenvalue weighted by molar-refractivity contribution is -0.167. The Labute approximate surface area is 455 Å². The summed E-state index contributed by atoms with van der Waals surface area (Å²) in [6, 6.07) is 0. The molecule has 418 valence electrons. The minimum absolute atomic E-state index is 0.0974. The summed E-state index contributed by atoms with van der Waals surface area (Å²) in [5, 5.41) is 0. The lowest BCUT2D eigenvalue weighted by Gasteiger charge is -2.18. The van der Waals surface area contributed by atoms with E-state index in [9.17, 15) is 14.4 Å². The van der Waals surface area contributed by atoms with Crippen molar-refractivity contribution in [2.24, 2.45) is 0 Å². The molecule has 0 bridgehead atoms. The predicted molar refractivity (Wildman–Crippen MR) is 320 cm³/mol. The Hall–Kier alpha value is -4.45. The first kappa shape index (κ1) is 69.5. The van der Waals surface area contributed by atoms with Crippen LogP contribution in [0.25, 0.3) is 0 Å². The minimum Gasteiger partial charge on any atom is -0.462 e. The first-order valence-electron chi connectivity index (χ1n) is 30.2. The number of hydrogen-bond acceptors (Lipinski definition) is 6. The van der Waals surface area contributed by atoms with Crippen LogP contribution in [0.5, 0.6) is 0 Å². The maximum atomic E-state index is 12.8. The number of ether oxygens (including phenoxy) is 3. The van der Waals surface area contributed by atoms with Crippen molar-refractivity contribution in [3.05, 3.63) is 134 Å². The highest BCUT2D eigenvalue weighted by Gasteiger charge is 2.19. The predicted octanol–water partition coefficient (Wildman–Crippen LogP) is 20.6. The molecule has 0 aromatic carbocycles. The number of rotatable bonds is 53. The van der Waals surface area contributed by atoms with Crippen molar-refractivity contribution in [3.63, 3.8) is 0 Å². The Morgan fingerprint density at radius 3 is 0.905 bits per heavy atom. The van der Waals surface area contributed by atoms with E-state index in [1.807, 2.05) is 0 Å². The average Bonchev–Trinajstić information content (AvgIpc) is 3.40. The summed E-state index contributed by atoms with van der Waals surface area (Å²) < 4.78 is 16.8. The lowest BCUT2D eigenvalue weighted by Crippen LogP contribution is -2.30. The van der Waals surface area contributed by atoms with E-state index in [2.05, 4.69) is 154 Å². The van der Waals surface area contributed by atoms with Gasteiger partial charge in [0.25, 0.3) is 0 Å². The largest absolute Gasteiger partial charge is 0.462 e. The first-order chi connectivity index (χ1) is 36.5. The summed E-state index contributed by atoms with van der Waals surface area (Å²) in [5.41, 5.74) is 0. The van der Waals surface area contributed by atoms with E-state index in [4.69, 9.17) is 14.2 Å². The molecule has 1 unspecified atom stereocenters. The molecule has 0 rings (SSSR count). The van der Waals surface area contributed by atoms with Crippen LogP contribution in [0.3, 0.4) is 0 Å². The fourth-order valence-corrected chi connectivity index (χ4v) is 7.86. The number of allylic oxidation sites excluding steroid dienone is 22. The van der Waals surface area contributed by atoms with E-state index in [0.29, 0.717) is 25.7 Å². The van der Waals surface area contributed by atoms with Crippen molar-refractivity contribution in [1.29, 1.82) is 0 Å². The molecule has 6 nitrogen and oxygen atoms in total. The van der Waals surface area contributed by atoms with Crippen LogP contribution in [-0.2, 0) is 28.6 Å². The van der Waals surface area contributed by atoms with Crippen molar-refractivity contribution in [2.75, 3.05) is 13.2 Å². The summed E-state index contributed by atoms with van der Waals surface area (Å²) in [6.07, 6.45) is 86.0. The van der Waals surface area contributed by atoms with Gasteiger partial charge in [-0.2, -0.15) is 0 Å². The number of hydrogen-bond donors (Lipinski definition) is 0. The van der Waals surface area contributed by atoms with E-state index in [-0.39, 0.29) is 31.1 Å². The van der Waals surface area contributed by atoms with Crippen LogP contribution in [0, 0.1) is 0 Å². The highest BCUT2D eigenvalue weighted by atomic mass is 16.6. The normalized spacial score (nSPS) is 13.1. The van der Waals surface area contributed by atoms with Crippen molar-refractivity contribution in [1.82, 2.24) is 0 Å². The molecule has 0 N–H and O–H groups in total. The summed E-state index contributed by atoms with van der Waals surface area (Å²) in [4.78, 5) is 38.0. The zero-order chi connectivity index (χ0) is 53.6. The third-order valence-corrected chi connectivity index (χ3v) is 12.4. The summed E-state index contributed by atoms with van der Waals surface area (Å²) in [6.45, 7) is 6.43. The highest BCUT2D eigenvalue weighted by molar-refractivity contribution is 5.71. The maximum Gasteiger partial charge on any atom is 0.306 e. The van der Waals surface area contributed by atoms with Crippen LogP contribution in [-0.4, -0.2) is 37.2 Å². The molecule has 0 saturated heterocycles. The molecule has 0 spiro atoms. The Kier molecular flexibility index (Phi) is 57.4. The van der Waals surface area contributed by atoms with E-state index in [0.717, 1.165) is 128 Å². The molecule has 0 aliphatic heterocycles. The monoisotopic (exact) mass is 1020 g/mol. The van der Waals surface area contributed by atoms with Gasteiger partial charge >= 0.3 is 17.9 Å². The molecule has 0 amide bonds. The Bertz CT molecular complexity index is 1600. The fourth-order valence-electron chi connectivity index (χ4n) is 7.86.